The molecule has 5 heteroatoms. The average molecular weight is 348 g/mol. The summed E-state index contributed by atoms with van der Waals surface area (Å²) in [7, 11) is -3.12. The fraction of sp³-hybridized carbons (Fsp3) is 0.571. The van der Waals surface area contributed by atoms with Crippen molar-refractivity contribution in [2.45, 2.75) is 37.6 Å². The quantitative estimate of drug-likeness (QED) is 0.708. The molecule has 0 N–H and O–H groups in total. The fourth-order valence-corrected chi connectivity index (χ4v) is 3.24. The minimum Gasteiger partial charge on any atom is -0.368 e. The number of hydrogen-bond acceptors (Lipinski definition) is 3. The van der Waals surface area contributed by atoms with E-state index in [1.54, 1.807) is 12.1 Å². The minimum atomic E-state index is -3.12. The lowest BCUT2D eigenvalue weighted by molar-refractivity contribution is 0.568. The van der Waals surface area contributed by atoms with Gasteiger partial charge in [0.1, 0.15) is 0 Å². The summed E-state index contributed by atoms with van der Waals surface area (Å²) in [6.07, 6.45) is 3.40. The molecular formula is C14H22BrNO2S. The Hall–Kier alpha value is -0.550. The third kappa shape index (κ3) is 4.49. The van der Waals surface area contributed by atoms with Crippen molar-refractivity contribution in [1.82, 2.24) is 0 Å². The summed E-state index contributed by atoms with van der Waals surface area (Å²) < 4.78 is 22.9. The molecule has 19 heavy (non-hydrogen) atoms. The summed E-state index contributed by atoms with van der Waals surface area (Å²) in [4.78, 5) is 2.71. The summed E-state index contributed by atoms with van der Waals surface area (Å²) in [5.74, 6) is 0. The Labute approximate surface area is 125 Å². The van der Waals surface area contributed by atoms with Crippen LogP contribution < -0.4 is 4.90 Å². The number of rotatable bonds is 7. The highest BCUT2D eigenvalue weighted by Gasteiger charge is 2.16. The first-order valence-electron chi connectivity index (χ1n) is 6.56. The first-order valence-corrected chi connectivity index (χ1v) is 9.58. The molecule has 1 rings (SSSR count). The number of hydrogen-bond donors (Lipinski definition) is 0. The Kier molecular flexibility index (Phi) is 6.33. The molecule has 0 aliphatic carbocycles. The van der Waals surface area contributed by atoms with Crippen LogP contribution in [0.2, 0.25) is 0 Å². The predicted molar refractivity (Wildman–Crippen MR) is 85.1 cm³/mol. The second-order valence-electron chi connectivity index (χ2n) is 4.62. The molecule has 108 valence electrons. The molecule has 0 unspecified atom stereocenters. The van der Waals surface area contributed by atoms with Crippen molar-refractivity contribution < 1.29 is 8.42 Å². The van der Waals surface area contributed by atoms with E-state index in [-0.39, 0.29) is 0 Å². The van der Waals surface area contributed by atoms with Gasteiger partial charge in [0.25, 0.3) is 0 Å². The highest BCUT2D eigenvalue weighted by atomic mass is 79.9. The van der Waals surface area contributed by atoms with Crippen LogP contribution in [0.4, 0.5) is 5.69 Å². The van der Waals surface area contributed by atoms with Crippen LogP contribution in [-0.2, 0) is 9.84 Å². The lowest BCUT2D eigenvalue weighted by Crippen LogP contribution is -2.36. The molecule has 0 heterocycles. The number of benzene rings is 1. The molecular weight excluding hydrogens is 326 g/mol. The molecule has 0 aliphatic heterocycles. The highest BCUT2D eigenvalue weighted by molar-refractivity contribution is 9.09. The molecule has 0 saturated heterocycles. The summed E-state index contributed by atoms with van der Waals surface area (Å²) in [6.45, 7) is 5.28. The van der Waals surface area contributed by atoms with Crippen molar-refractivity contribution >= 4 is 31.5 Å². The maximum Gasteiger partial charge on any atom is 0.175 e. The monoisotopic (exact) mass is 347 g/mol. The second kappa shape index (κ2) is 7.29. The van der Waals surface area contributed by atoms with Crippen LogP contribution in [0.1, 0.15) is 26.7 Å². The van der Waals surface area contributed by atoms with Crippen LogP contribution in [-0.4, -0.2) is 32.6 Å². The molecule has 0 aromatic heterocycles. The van der Waals surface area contributed by atoms with Gasteiger partial charge in [-0.2, -0.15) is 0 Å². The van der Waals surface area contributed by atoms with Gasteiger partial charge in [-0.25, -0.2) is 8.42 Å². The van der Waals surface area contributed by atoms with Crippen molar-refractivity contribution in [3.05, 3.63) is 24.3 Å². The van der Waals surface area contributed by atoms with E-state index >= 15 is 0 Å². The topological polar surface area (TPSA) is 37.4 Å². The van der Waals surface area contributed by atoms with Gasteiger partial charge >= 0.3 is 0 Å². The summed E-state index contributed by atoms with van der Waals surface area (Å²) >= 11 is 3.48. The van der Waals surface area contributed by atoms with Gasteiger partial charge in [0.2, 0.25) is 0 Å². The van der Waals surface area contributed by atoms with Gasteiger partial charge in [0.05, 0.1) is 4.90 Å². The molecule has 0 amide bonds. The van der Waals surface area contributed by atoms with Crippen molar-refractivity contribution in [3.8, 4) is 0 Å². The zero-order valence-corrected chi connectivity index (χ0v) is 14.2. The number of sulfone groups is 1. The largest absolute Gasteiger partial charge is 0.368 e. The van der Waals surface area contributed by atoms with Crippen molar-refractivity contribution in [2.24, 2.45) is 0 Å². The van der Waals surface area contributed by atoms with Gasteiger partial charge in [-0.15, -0.1) is 0 Å². The van der Waals surface area contributed by atoms with Gasteiger partial charge < -0.3 is 4.90 Å². The van der Waals surface area contributed by atoms with E-state index in [1.165, 1.54) is 6.26 Å². The summed E-state index contributed by atoms with van der Waals surface area (Å²) in [6, 6.07) is 7.67. The van der Waals surface area contributed by atoms with Crippen LogP contribution in [0, 0.1) is 0 Å². The third-order valence-corrected chi connectivity index (χ3v) is 4.79. The SMILES string of the molecule is CCC(CC)N(CCBr)c1ccc(S(C)(=O)=O)cc1. The Morgan fingerprint density at radius 3 is 2.05 bits per heavy atom. The molecule has 1 aromatic carbocycles. The van der Waals surface area contributed by atoms with E-state index < -0.39 is 9.84 Å². The van der Waals surface area contributed by atoms with Gasteiger partial charge in [-0.3, -0.25) is 0 Å². The maximum absolute atomic E-state index is 11.5. The zero-order chi connectivity index (χ0) is 14.5. The molecule has 3 nitrogen and oxygen atoms in total. The first-order chi connectivity index (χ1) is 8.93. The molecule has 0 aliphatic rings. The Bertz CT molecular complexity index is 481. The second-order valence-corrected chi connectivity index (χ2v) is 7.43. The zero-order valence-electron chi connectivity index (χ0n) is 11.8. The minimum absolute atomic E-state index is 0.375. The van der Waals surface area contributed by atoms with Crippen molar-refractivity contribution in [1.29, 1.82) is 0 Å². The normalized spacial score (nSPS) is 11.8. The van der Waals surface area contributed by atoms with E-state index in [1.807, 2.05) is 12.1 Å². The number of halogens is 1. The summed E-state index contributed by atoms with van der Waals surface area (Å²) in [5.41, 5.74) is 1.08. The van der Waals surface area contributed by atoms with E-state index in [2.05, 4.69) is 34.7 Å². The van der Waals surface area contributed by atoms with Crippen LogP contribution in [0.5, 0.6) is 0 Å². The van der Waals surface area contributed by atoms with Gasteiger partial charge in [0.15, 0.2) is 9.84 Å². The summed E-state index contributed by atoms with van der Waals surface area (Å²) in [5, 5.41) is 0.900. The maximum atomic E-state index is 11.5. The Morgan fingerprint density at radius 2 is 1.68 bits per heavy atom. The molecule has 0 bridgehead atoms. The standard InChI is InChI=1S/C14H22BrNO2S/c1-4-12(5-2)16(11-10-15)13-6-8-14(9-7-13)19(3,17)18/h6-9,12H,4-5,10-11H2,1-3H3. The van der Waals surface area contributed by atoms with Gasteiger partial charge in [-0.1, -0.05) is 29.8 Å². The lowest BCUT2D eigenvalue weighted by atomic mass is 10.1. The predicted octanol–water partition coefficient (Wildman–Crippen LogP) is 3.48. The van der Waals surface area contributed by atoms with Crippen molar-refractivity contribution in [3.63, 3.8) is 0 Å². The number of alkyl halides is 1. The van der Waals surface area contributed by atoms with Gasteiger partial charge in [0, 0.05) is 29.9 Å². The molecule has 0 atom stereocenters. The number of anilines is 1. The third-order valence-electron chi connectivity index (χ3n) is 3.31. The fourth-order valence-electron chi connectivity index (χ4n) is 2.23. The average Bonchev–Trinajstić information content (AvgIpc) is 2.38. The molecule has 0 saturated carbocycles. The smallest absolute Gasteiger partial charge is 0.175 e. The highest BCUT2D eigenvalue weighted by Crippen LogP contribution is 2.22. The van der Waals surface area contributed by atoms with Crippen molar-refractivity contribution in [2.75, 3.05) is 23.0 Å². The molecule has 1 aromatic rings. The van der Waals surface area contributed by atoms with E-state index in [9.17, 15) is 8.42 Å². The van der Waals surface area contributed by atoms with Crippen LogP contribution in [0.3, 0.4) is 0 Å². The van der Waals surface area contributed by atoms with Gasteiger partial charge in [-0.05, 0) is 37.1 Å². The molecule has 0 spiro atoms. The van der Waals surface area contributed by atoms with E-state index in [0.29, 0.717) is 10.9 Å². The lowest BCUT2D eigenvalue weighted by Gasteiger charge is -2.32. The van der Waals surface area contributed by atoms with Crippen LogP contribution in [0.25, 0.3) is 0 Å². The van der Waals surface area contributed by atoms with E-state index in [4.69, 9.17) is 0 Å². The van der Waals surface area contributed by atoms with Crippen LogP contribution in [0.15, 0.2) is 29.2 Å². The Balaban J connectivity index is 3.04. The Morgan fingerprint density at radius 1 is 1.16 bits per heavy atom. The molecule has 0 radical (unpaired) electrons. The van der Waals surface area contributed by atoms with E-state index in [0.717, 1.165) is 30.4 Å². The van der Waals surface area contributed by atoms with Crippen LogP contribution >= 0.6 is 15.9 Å². The molecule has 0 fully saturated rings. The first kappa shape index (κ1) is 16.5. The number of nitrogens with zero attached hydrogens (tertiary/aromatic N) is 1.